The van der Waals surface area contributed by atoms with E-state index in [1.807, 2.05) is 24.5 Å². The van der Waals surface area contributed by atoms with Gasteiger partial charge in [-0.25, -0.2) is 19.9 Å². The van der Waals surface area contributed by atoms with Crippen molar-refractivity contribution < 1.29 is 0 Å². The molecule has 146 heavy (non-hydrogen) atoms. The third-order valence-corrected chi connectivity index (χ3v) is 27.1. The molecule has 0 aliphatic carbocycles. The highest BCUT2D eigenvalue weighted by molar-refractivity contribution is 5.93. The molecule has 0 atom stereocenters. The smallest absolute Gasteiger partial charge is 0.159 e. The van der Waals surface area contributed by atoms with E-state index in [-0.39, 0.29) is 0 Å². The normalized spacial score (nSPS) is 10.9. The number of rotatable bonds is 18. The topological polar surface area (TPSA) is 51.6 Å². The van der Waals surface area contributed by atoms with Gasteiger partial charge in [-0.05, 0) is 359 Å². The SMILES string of the molecule is Cc1ccc(-c2cccc(-c3cc(-c4ncccn4)ccc3-c3cccc(-c4cc(C)cc(C)c4)c3)c2)cc1.Cc1ccc(-c2cccc(-c3ccc(-c4cccc(-c5cc(C)cc(C)c5)c4)c(-c4ncccn4)c3)c2)cc1.Cc1cccc(-c2cccc(-c3cc(C)cc(-c4cccc(-c5cc(C)cc(C)c5)c4)c3)c2)c1.Cc1cccc(-c2cccc(-c3ccc(C)cc3-c3cccc(-c4cc(C)cc(C)c4)c3)c2)c1. The number of hydrogen-bond acceptors (Lipinski definition) is 4. The molecule has 2 heterocycles. The zero-order valence-corrected chi connectivity index (χ0v) is 85.8. The number of nitrogens with zero attached hydrogens (tertiary/aromatic N) is 4. The van der Waals surface area contributed by atoms with E-state index in [0.29, 0.717) is 0 Å². The summed E-state index contributed by atoms with van der Waals surface area (Å²) in [5.41, 5.74) is 59.0. The quantitative estimate of drug-likeness (QED) is 0.0859. The van der Waals surface area contributed by atoms with Crippen molar-refractivity contribution in [2.45, 2.75) is 96.9 Å². The second-order valence-electron chi connectivity index (χ2n) is 39.4. The first-order valence-corrected chi connectivity index (χ1v) is 50.5. The first-order chi connectivity index (χ1) is 71.0. The Hall–Kier alpha value is -17.4. The molecule has 708 valence electrons. The average molecular weight is 1880 g/mol. The molecule has 0 fully saturated rings. The lowest BCUT2D eigenvalue weighted by Gasteiger charge is -2.15. The molecule has 0 aliphatic rings. The molecule has 0 N–H and O–H groups in total. The Morgan fingerprint density at radius 1 is 0.0959 bits per heavy atom. The minimum Gasteiger partial charge on any atom is -0.237 e. The summed E-state index contributed by atoms with van der Waals surface area (Å²) in [6, 6.07) is 163. The standard InChI is InChI=1S/2C37H30N2.2C34H30/c1-25-11-13-28(14-12-25)29-7-4-10-32(22-29)36-24-33(37-38-17-6-18-39-37)15-16-35(36)31-9-5-8-30(23-31)34-20-26(2)19-27(3)21-34;1-25-11-13-28(14-12-25)29-7-4-8-30(22-29)32-15-16-35(36(24-32)37-38-17-6-18-39-37)33-10-5-9-31(23-33)34-20-26(2)19-27(3)21-34;1-23-8-5-9-27(15-23)28-10-6-12-30(20-28)33-18-26(4)19-34(22-33)31-13-7-11-29(21-31)32-16-24(2)14-25(3)17-32;1-23-8-5-9-27(17-23)28-10-6-12-30(21-28)33-15-14-24(2)20-34(33)31-13-7-11-29(22-31)32-18-25(3)16-26(4)19-32/h2*4-24H,1-3H3;2*5-22H,1-4H3. The molecule has 0 radical (unpaired) electrons. The van der Waals surface area contributed by atoms with Crippen LogP contribution >= 0.6 is 0 Å². The Morgan fingerprint density at radius 3 is 0.603 bits per heavy atom. The maximum absolute atomic E-state index is 4.64. The van der Waals surface area contributed by atoms with Gasteiger partial charge in [0.15, 0.2) is 11.6 Å². The van der Waals surface area contributed by atoms with E-state index in [2.05, 4.69) is 554 Å². The van der Waals surface area contributed by atoms with Gasteiger partial charge in [0.25, 0.3) is 0 Å². The van der Waals surface area contributed by atoms with Crippen LogP contribution in [0, 0.1) is 96.9 Å². The van der Waals surface area contributed by atoms with Crippen LogP contribution in [0.5, 0.6) is 0 Å². The Balaban J connectivity index is 0.000000123. The molecule has 0 saturated carbocycles. The second kappa shape index (κ2) is 44.4. The molecule has 0 saturated heterocycles. The largest absolute Gasteiger partial charge is 0.237 e. The minimum atomic E-state index is 0.723. The van der Waals surface area contributed by atoms with Gasteiger partial charge < -0.3 is 0 Å². The maximum atomic E-state index is 4.64. The fourth-order valence-corrected chi connectivity index (χ4v) is 20.2. The lowest BCUT2D eigenvalue weighted by Crippen LogP contribution is -1.93. The van der Waals surface area contributed by atoms with Crippen molar-refractivity contribution in [3.05, 3.63) is 552 Å². The third-order valence-electron chi connectivity index (χ3n) is 27.1. The summed E-state index contributed by atoms with van der Waals surface area (Å²) in [4.78, 5) is 18.3. The summed E-state index contributed by atoms with van der Waals surface area (Å²) in [5, 5.41) is 0. The second-order valence-corrected chi connectivity index (χ2v) is 39.4. The fraction of sp³-hybridized carbons (Fsp3) is 0.0986. The van der Waals surface area contributed by atoms with Gasteiger partial charge >= 0.3 is 0 Å². The molecule has 22 rings (SSSR count). The first kappa shape index (κ1) is 97.4. The monoisotopic (exact) mass is 1880 g/mol. The lowest BCUT2D eigenvalue weighted by atomic mass is 9.89. The third kappa shape index (κ3) is 23.8. The zero-order chi connectivity index (χ0) is 101. The van der Waals surface area contributed by atoms with Gasteiger partial charge in [0.1, 0.15) is 0 Å². The number of aryl methyl sites for hydroxylation is 14. The Bertz CT molecular complexity index is 8410. The molecule has 0 bridgehead atoms. The van der Waals surface area contributed by atoms with Gasteiger partial charge in [-0.2, -0.15) is 0 Å². The summed E-state index contributed by atoms with van der Waals surface area (Å²) in [5.74, 6) is 1.45. The molecule has 4 nitrogen and oxygen atoms in total. The molecule has 0 aliphatic heterocycles. The van der Waals surface area contributed by atoms with Crippen molar-refractivity contribution in [1.29, 1.82) is 0 Å². The molecule has 4 heteroatoms. The summed E-state index contributed by atoms with van der Waals surface area (Å²) in [6.45, 7) is 30.2. The van der Waals surface area contributed by atoms with E-state index in [4.69, 9.17) is 0 Å². The molecular formula is C142H120N4. The zero-order valence-electron chi connectivity index (χ0n) is 85.8. The van der Waals surface area contributed by atoms with Crippen LogP contribution in [-0.2, 0) is 0 Å². The summed E-state index contributed by atoms with van der Waals surface area (Å²) in [6.07, 6.45) is 7.20. The van der Waals surface area contributed by atoms with E-state index in [0.717, 1.165) is 50.6 Å². The van der Waals surface area contributed by atoms with Crippen LogP contribution in [0.2, 0.25) is 0 Å². The van der Waals surface area contributed by atoms with Crippen LogP contribution < -0.4 is 0 Å². The van der Waals surface area contributed by atoms with Gasteiger partial charge in [-0.3, -0.25) is 0 Å². The Kier molecular flexibility index (Phi) is 29.6. The highest BCUT2D eigenvalue weighted by Crippen LogP contribution is 2.44. The predicted molar refractivity (Wildman–Crippen MR) is 621 cm³/mol. The number of hydrogen-bond donors (Lipinski definition) is 0. The van der Waals surface area contributed by atoms with Crippen LogP contribution in [0.4, 0.5) is 0 Å². The average Bonchev–Trinajstić information content (AvgIpc) is 0.787. The van der Waals surface area contributed by atoms with Crippen LogP contribution in [0.1, 0.15) is 77.9 Å². The van der Waals surface area contributed by atoms with Crippen LogP contribution in [0.15, 0.2) is 474 Å². The maximum Gasteiger partial charge on any atom is 0.159 e. The van der Waals surface area contributed by atoms with Crippen molar-refractivity contribution in [2.24, 2.45) is 0 Å². The van der Waals surface area contributed by atoms with E-state index < -0.39 is 0 Å². The summed E-state index contributed by atoms with van der Waals surface area (Å²) >= 11 is 0. The molecule has 0 spiro atoms. The van der Waals surface area contributed by atoms with Crippen molar-refractivity contribution in [3.63, 3.8) is 0 Å². The van der Waals surface area contributed by atoms with Gasteiger partial charge in [-0.15, -0.1) is 0 Å². The summed E-state index contributed by atoms with van der Waals surface area (Å²) in [7, 11) is 0. The predicted octanol–water partition coefficient (Wildman–Crippen LogP) is 38.7. The van der Waals surface area contributed by atoms with Crippen molar-refractivity contribution in [3.8, 4) is 201 Å². The fourth-order valence-electron chi connectivity index (χ4n) is 20.2. The van der Waals surface area contributed by atoms with Crippen molar-refractivity contribution in [1.82, 2.24) is 19.9 Å². The lowest BCUT2D eigenvalue weighted by molar-refractivity contribution is 1.18. The van der Waals surface area contributed by atoms with Gasteiger partial charge in [0.05, 0.1) is 0 Å². The minimum absolute atomic E-state index is 0.723. The van der Waals surface area contributed by atoms with Crippen molar-refractivity contribution in [2.75, 3.05) is 0 Å². The van der Waals surface area contributed by atoms with Crippen LogP contribution in [0.25, 0.3) is 201 Å². The molecule has 0 unspecified atom stereocenters. The highest BCUT2D eigenvalue weighted by Gasteiger charge is 2.20. The van der Waals surface area contributed by atoms with E-state index in [1.165, 1.54) is 228 Å². The van der Waals surface area contributed by atoms with Crippen LogP contribution in [-0.4, -0.2) is 19.9 Å². The molecule has 20 aromatic carbocycles. The van der Waals surface area contributed by atoms with Gasteiger partial charge in [-0.1, -0.05) is 442 Å². The molecule has 22 aromatic rings. The van der Waals surface area contributed by atoms with Gasteiger partial charge in [0.2, 0.25) is 0 Å². The number of benzene rings is 20. The van der Waals surface area contributed by atoms with Crippen LogP contribution in [0.3, 0.4) is 0 Å². The highest BCUT2D eigenvalue weighted by atomic mass is 14.9. The first-order valence-electron chi connectivity index (χ1n) is 50.5. The van der Waals surface area contributed by atoms with Crippen molar-refractivity contribution >= 4 is 0 Å². The van der Waals surface area contributed by atoms with E-state index >= 15 is 0 Å². The Morgan fingerprint density at radius 2 is 0.281 bits per heavy atom. The molecule has 2 aromatic heterocycles. The van der Waals surface area contributed by atoms with E-state index in [1.54, 1.807) is 12.4 Å². The molecular weight excluding hydrogens is 1760 g/mol. The van der Waals surface area contributed by atoms with E-state index in [9.17, 15) is 0 Å². The van der Waals surface area contributed by atoms with Gasteiger partial charge in [0, 0.05) is 35.9 Å². The Labute approximate surface area is 863 Å². The number of aromatic nitrogens is 4. The molecule has 0 amide bonds. The summed E-state index contributed by atoms with van der Waals surface area (Å²) < 4.78 is 0.